The number of nitrogens with one attached hydrogen (secondary N) is 1. The summed E-state index contributed by atoms with van der Waals surface area (Å²) in [5.74, 6) is 0.236. The molecule has 6 heteroatoms. The molecule has 2 amide bonds. The van der Waals surface area contributed by atoms with Crippen molar-refractivity contribution in [2.75, 3.05) is 13.1 Å². The van der Waals surface area contributed by atoms with E-state index in [-0.39, 0.29) is 17.7 Å². The van der Waals surface area contributed by atoms with Crippen molar-refractivity contribution >= 4 is 23.4 Å². The largest absolute Gasteiger partial charge is 0.341 e. The number of nitrogens with zero attached hydrogens (tertiary/aromatic N) is 2. The monoisotopic (exact) mass is 413 g/mol. The van der Waals surface area contributed by atoms with Crippen LogP contribution in [0.15, 0.2) is 48.8 Å². The zero-order valence-corrected chi connectivity index (χ0v) is 17.7. The Morgan fingerprint density at radius 3 is 2.48 bits per heavy atom. The van der Waals surface area contributed by atoms with Gasteiger partial charge >= 0.3 is 0 Å². The summed E-state index contributed by atoms with van der Waals surface area (Å²) in [4.78, 5) is 31.7. The van der Waals surface area contributed by atoms with Crippen LogP contribution in [-0.4, -0.2) is 40.8 Å². The number of hydrogen-bond acceptors (Lipinski definition) is 3. The molecule has 1 aliphatic rings. The van der Waals surface area contributed by atoms with Crippen molar-refractivity contribution in [2.24, 2.45) is 5.92 Å². The van der Waals surface area contributed by atoms with Gasteiger partial charge in [-0.1, -0.05) is 44.0 Å². The summed E-state index contributed by atoms with van der Waals surface area (Å²) in [6, 6.07) is 10.9. The highest BCUT2D eigenvalue weighted by Crippen LogP contribution is 2.29. The number of piperidine rings is 1. The normalized spacial score (nSPS) is 16.9. The first kappa shape index (κ1) is 21.3. The zero-order chi connectivity index (χ0) is 20.8. The summed E-state index contributed by atoms with van der Waals surface area (Å²) in [5, 5.41) is 3.68. The van der Waals surface area contributed by atoms with Gasteiger partial charge in [-0.3, -0.25) is 14.6 Å². The number of carbonyl (C=O) groups is 2. The minimum Gasteiger partial charge on any atom is -0.341 e. The molecule has 0 unspecified atom stereocenters. The molecule has 1 N–H and O–H groups in total. The summed E-state index contributed by atoms with van der Waals surface area (Å²) in [7, 11) is 0. The lowest BCUT2D eigenvalue weighted by molar-refractivity contribution is -0.135. The van der Waals surface area contributed by atoms with Crippen LogP contribution in [0.1, 0.15) is 54.9 Å². The van der Waals surface area contributed by atoms with Crippen molar-refractivity contribution < 1.29 is 9.59 Å². The van der Waals surface area contributed by atoms with Gasteiger partial charge in [0.1, 0.15) is 6.04 Å². The van der Waals surface area contributed by atoms with E-state index in [1.54, 1.807) is 18.3 Å². The smallest absolute Gasteiger partial charge is 0.253 e. The molecule has 0 saturated carbocycles. The van der Waals surface area contributed by atoms with Crippen molar-refractivity contribution in [2.45, 2.75) is 45.1 Å². The second kappa shape index (κ2) is 9.88. The molecule has 1 aromatic heterocycles. The molecule has 0 aliphatic carbocycles. The second-order valence-corrected chi connectivity index (χ2v) is 8.17. The third kappa shape index (κ3) is 5.36. The highest BCUT2D eigenvalue weighted by molar-refractivity contribution is 6.30. The maximum atomic E-state index is 13.2. The summed E-state index contributed by atoms with van der Waals surface area (Å²) in [6.07, 6.45) is 5.78. The van der Waals surface area contributed by atoms with E-state index in [2.05, 4.69) is 22.4 Å². The number of pyridine rings is 1. The molecule has 2 heterocycles. The standard InChI is InChI=1S/C23H28ClN3O2/c1-3-16(2)21(26-22(28)19-5-4-12-25-15-19)23(29)27-13-10-18(11-14-27)17-6-8-20(24)9-7-17/h4-9,12,15-16,18,21H,3,10-11,13-14H2,1-2H3,(H,26,28)/t16-,21-/m1/s1. The SMILES string of the molecule is CC[C@@H](C)[C@@H](NC(=O)c1cccnc1)C(=O)N1CCC(c2ccc(Cl)cc2)CC1. The van der Waals surface area contributed by atoms with Gasteiger partial charge in [-0.15, -0.1) is 0 Å². The summed E-state index contributed by atoms with van der Waals surface area (Å²) < 4.78 is 0. The average Bonchev–Trinajstić information content (AvgIpc) is 2.77. The van der Waals surface area contributed by atoms with Crippen LogP contribution in [0, 0.1) is 5.92 Å². The fraction of sp³-hybridized carbons (Fsp3) is 0.435. The Hall–Kier alpha value is -2.40. The lowest BCUT2D eigenvalue weighted by Gasteiger charge is -2.36. The topological polar surface area (TPSA) is 62.3 Å². The first-order valence-electron chi connectivity index (χ1n) is 10.2. The second-order valence-electron chi connectivity index (χ2n) is 7.73. The Kier molecular flexibility index (Phi) is 7.26. The van der Waals surface area contributed by atoms with Crippen LogP contribution in [0.5, 0.6) is 0 Å². The van der Waals surface area contributed by atoms with Gasteiger partial charge in [0, 0.05) is 30.5 Å². The molecule has 1 saturated heterocycles. The van der Waals surface area contributed by atoms with Gasteiger partial charge in [0.15, 0.2) is 0 Å². The van der Waals surface area contributed by atoms with Crippen LogP contribution in [0.3, 0.4) is 0 Å². The van der Waals surface area contributed by atoms with E-state index in [4.69, 9.17) is 11.6 Å². The number of likely N-dealkylation sites (tertiary alicyclic amines) is 1. The van der Waals surface area contributed by atoms with Gasteiger partial charge in [0.05, 0.1) is 5.56 Å². The van der Waals surface area contributed by atoms with Crippen LogP contribution in [-0.2, 0) is 4.79 Å². The van der Waals surface area contributed by atoms with Gasteiger partial charge in [-0.25, -0.2) is 0 Å². The van der Waals surface area contributed by atoms with Gasteiger partial charge < -0.3 is 10.2 Å². The molecule has 1 fully saturated rings. The molecule has 2 aromatic rings. The van der Waals surface area contributed by atoms with Gasteiger partial charge in [0.25, 0.3) is 5.91 Å². The quantitative estimate of drug-likeness (QED) is 0.768. The van der Waals surface area contributed by atoms with Crippen LogP contribution in [0.25, 0.3) is 0 Å². The lowest BCUT2D eigenvalue weighted by atomic mass is 9.88. The molecule has 154 valence electrons. The zero-order valence-electron chi connectivity index (χ0n) is 17.0. The molecular weight excluding hydrogens is 386 g/mol. The number of carbonyl (C=O) groups excluding carboxylic acids is 2. The molecule has 3 rings (SSSR count). The first-order chi connectivity index (χ1) is 14.0. The van der Waals surface area contributed by atoms with Crippen molar-refractivity contribution in [3.63, 3.8) is 0 Å². The van der Waals surface area contributed by atoms with Crippen LogP contribution in [0.4, 0.5) is 0 Å². The summed E-state index contributed by atoms with van der Waals surface area (Å²) >= 11 is 5.99. The maximum absolute atomic E-state index is 13.2. The van der Waals surface area contributed by atoms with Crippen molar-refractivity contribution in [3.8, 4) is 0 Å². The number of amides is 2. The van der Waals surface area contributed by atoms with Crippen molar-refractivity contribution in [1.29, 1.82) is 0 Å². The fourth-order valence-electron chi connectivity index (χ4n) is 3.77. The van der Waals surface area contributed by atoms with Crippen molar-refractivity contribution in [3.05, 3.63) is 64.9 Å². The lowest BCUT2D eigenvalue weighted by Crippen LogP contribution is -2.53. The van der Waals surface area contributed by atoms with Gasteiger partial charge in [0.2, 0.25) is 5.91 Å². The molecule has 1 aromatic carbocycles. The van der Waals surface area contributed by atoms with Crippen LogP contribution in [0.2, 0.25) is 5.02 Å². The van der Waals surface area contributed by atoms with Crippen LogP contribution >= 0.6 is 11.6 Å². The Bertz CT molecular complexity index is 818. The van der Waals surface area contributed by atoms with E-state index in [1.807, 2.05) is 30.9 Å². The molecule has 2 atom stereocenters. The average molecular weight is 414 g/mol. The fourth-order valence-corrected chi connectivity index (χ4v) is 3.90. The molecule has 0 bridgehead atoms. The first-order valence-corrected chi connectivity index (χ1v) is 10.6. The number of benzene rings is 1. The predicted octanol–water partition coefficient (Wildman–Crippen LogP) is 4.29. The summed E-state index contributed by atoms with van der Waals surface area (Å²) in [5.41, 5.74) is 1.74. The molecule has 29 heavy (non-hydrogen) atoms. The van der Waals surface area contributed by atoms with E-state index < -0.39 is 6.04 Å². The Morgan fingerprint density at radius 2 is 1.90 bits per heavy atom. The Morgan fingerprint density at radius 1 is 1.21 bits per heavy atom. The summed E-state index contributed by atoms with van der Waals surface area (Å²) in [6.45, 7) is 5.43. The minimum atomic E-state index is -0.528. The van der Waals surface area contributed by atoms with Crippen molar-refractivity contribution in [1.82, 2.24) is 15.2 Å². The predicted molar refractivity (Wildman–Crippen MR) is 115 cm³/mol. The number of halogens is 1. The highest BCUT2D eigenvalue weighted by Gasteiger charge is 2.32. The molecule has 0 spiro atoms. The molecular formula is C23H28ClN3O2. The van der Waals surface area contributed by atoms with E-state index in [0.29, 0.717) is 24.6 Å². The number of aromatic nitrogens is 1. The van der Waals surface area contributed by atoms with Crippen LogP contribution < -0.4 is 5.32 Å². The molecule has 5 nitrogen and oxygen atoms in total. The van der Waals surface area contributed by atoms with E-state index >= 15 is 0 Å². The Balaban J connectivity index is 1.64. The number of rotatable bonds is 6. The van der Waals surface area contributed by atoms with E-state index in [0.717, 1.165) is 24.3 Å². The molecule has 1 aliphatic heterocycles. The number of hydrogen-bond donors (Lipinski definition) is 1. The highest BCUT2D eigenvalue weighted by atomic mass is 35.5. The Labute approximate surface area is 177 Å². The minimum absolute atomic E-state index is 0.00569. The third-order valence-electron chi connectivity index (χ3n) is 5.84. The van der Waals surface area contributed by atoms with E-state index in [1.165, 1.54) is 11.8 Å². The van der Waals surface area contributed by atoms with Gasteiger partial charge in [-0.2, -0.15) is 0 Å². The van der Waals surface area contributed by atoms with Gasteiger partial charge in [-0.05, 0) is 54.5 Å². The molecule has 0 radical (unpaired) electrons. The maximum Gasteiger partial charge on any atom is 0.253 e. The third-order valence-corrected chi connectivity index (χ3v) is 6.09. The van der Waals surface area contributed by atoms with E-state index in [9.17, 15) is 9.59 Å².